The number of likely N-dealkylation sites (tertiary alicyclic amines) is 1. The van der Waals surface area contributed by atoms with Crippen molar-refractivity contribution >= 4 is 17.7 Å². The van der Waals surface area contributed by atoms with Gasteiger partial charge in [-0.15, -0.1) is 0 Å². The van der Waals surface area contributed by atoms with Crippen LogP contribution in [0.25, 0.3) is 17.2 Å². The van der Waals surface area contributed by atoms with E-state index in [9.17, 15) is 10.1 Å². The number of hydrogen-bond acceptors (Lipinski definition) is 5. The average Bonchev–Trinajstić information content (AvgIpc) is 2.91. The van der Waals surface area contributed by atoms with Crippen molar-refractivity contribution in [2.24, 2.45) is 5.73 Å². The lowest BCUT2D eigenvalue weighted by molar-refractivity contribution is -0.131. The van der Waals surface area contributed by atoms with E-state index < -0.39 is 0 Å². The Labute approximate surface area is 207 Å². The topological polar surface area (TPSA) is 94.2 Å². The van der Waals surface area contributed by atoms with Crippen molar-refractivity contribution in [1.82, 2.24) is 10.2 Å². The van der Waals surface area contributed by atoms with Crippen molar-refractivity contribution in [1.29, 1.82) is 5.26 Å². The monoisotopic (exact) mass is 465 g/mol. The highest BCUT2D eigenvalue weighted by Gasteiger charge is 2.24. The number of nitrogens with zero attached hydrogens (tertiary/aromatic N) is 2. The van der Waals surface area contributed by atoms with Gasteiger partial charge < -0.3 is 21.3 Å². The van der Waals surface area contributed by atoms with Crippen LogP contribution in [0.15, 0.2) is 79.2 Å². The molecule has 6 nitrogen and oxygen atoms in total. The van der Waals surface area contributed by atoms with Crippen molar-refractivity contribution in [3.8, 4) is 17.2 Å². The van der Waals surface area contributed by atoms with E-state index in [1.54, 1.807) is 12.2 Å². The predicted octanol–water partition coefficient (Wildman–Crippen LogP) is 4.68. The second-order valence-corrected chi connectivity index (χ2v) is 8.81. The van der Waals surface area contributed by atoms with Crippen LogP contribution in [0.1, 0.15) is 36.0 Å². The standard InChI is InChI=1S/C29H31N5O/c1-2-3-5-22(19-31)15-29(35)34-12-9-26(10-13-34)33-28-17-25(16-24-8-11-32-20-27(24)28)23-7-4-6-21(14-23)18-30/h2-8,11,14,16-17,19,26,32-33H,1,9-10,12-13,15,20,31H2/b5-3-,22-19+. The Kier molecular flexibility index (Phi) is 7.69. The number of carbonyl (C=O) groups excluding carboxylic acids is 1. The zero-order chi connectivity index (χ0) is 24.6. The molecule has 178 valence electrons. The van der Waals surface area contributed by atoms with Crippen molar-refractivity contribution in [2.75, 3.05) is 18.4 Å². The van der Waals surface area contributed by atoms with Gasteiger partial charge in [-0.1, -0.05) is 36.9 Å². The SMILES string of the molecule is C=C/C=C\C(=C/N)CC(=O)N1CCC(Nc2cc(-c3cccc(C#N)c3)cc3c2CNC=C3)CC1. The summed E-state index contributed by atoms with van der Waals surface area (Å²) in [4.78, 5) is 14.7. The van der Waals surface area contributed by atoms with E-state index in [1.165, 1.54) is 17.3 Å². The third kappa shape index (κ3) is 5.82. The predicted molar refractivity (Wildman–Crippen MR) is 142 cm³/mol. The number of allylic oxidation sites excluding steroid dienone is 3. The number of hydrogen-bond donors (Lipinski definition) is 3. The minimum Gasteiger partial charge on any atom is -0.404 e. The molecule has 2 heterocycles. The van der Waals surface area contributed by atoms with Crippen LogP contribution in [-0.4, -0.2) is 29.9 Å². The quantitative estimate of drug-likeness (QED) is 0.517. The van der Waals surface area contributed by atoms with Crippen LogP contribution < -0.4 is 16.4 Å². The van der Waals surface area contributed by atoms with Crippen molar-refractivity contribution in [2.45, 2.75) is 31.8 Å². The minimum absolute atomic E-state index is 0.0972. The molecular formula is C29H31N5O. The summed E-state index contributed by atoms with van der Waals surface area (Å²) in [5.74, 6) is 0.0972. The number of carbonyl (C=O) groups is 1. The van der Waals surface area contributed by atoms with Crippen LogP contribution in [0, 0.1) is 11.3 Å². The van der Waals surface area contributed by atoms with Crippen LogP contribution in [0.4, 0.5) is 5.69 Å². The van der Waals surface area contributed by atoms with E-state index in [0.717, 1.165) is 41.8 Å². The summed E-state index contributed by atoms with van der Waals surface area (Å²) in [5.41, 5.74) is 12.7. The van der Waals surface area contributed by atoms with E-state index >= 15 is 0 Å². The first-order valence-corrected chi connectivity index (χ1v) is 11.9. The summed E-state index contributed by atoms with van der Waals surface area (Å²) in [6.45, 7) is 5.84. The highest BCUT2D eigenvalue weighted by molar-refractivity contribution is 5.80. The first-order valence-electron chi connectivity index (χ1n) is 11.9. The molecule has 0 aliphatic carbocycles. The number of anilines is 1. The molecule has 2 aromatic rings. The summed E-state index contributed by atoms with van der Waals surface area (Å²) >= 11 is 0. The van der Waals surface area contributed by atoms with Gasteiger partial charge in [-0.3, -0.25) is 4.79 Å². The fourth-order valence-electron chi connectivity index (χ4n) is 4.56. The molecule has 0 saturated carbocycles. The molecule has 4 rings (SSSR count). The highest BCUT2D eigenvalue weighted by Crippen LogP contribution is 2.33. The number of nitrogens with two attached hydrogens (primary N) is 1. The molecule has 1 amide bonds. The molecule has 2 aliphatic heterocycles. The van der Waals surface area contributed by atoms with Gasteiger partial charge in [-0.2, -0.15) is 5.26 Å². The largest absolute Gasteiger partial charge is 0.404 e. The Balaban J connectivity index is 1.47. The third-order valence-electron chi connectivity index (χ3n) is 6.49. The molecule has 0 aromatic heterocycles. The van der Waals surface area contributed by atoms with E-state index in [1.807, 2.05) is 41.4 Å². The number of rotatable bonds is 7. The maximum Gasteiger partial charge on any atom is 0.227 e. The van der Waals surface area contributed by atoms with Crippen LogP contribution in [-0.2, 0) is 11.3 Å². The molecule has 0 radical (unpaired) electrons. The summed E-state index contributed by atoms with van der Waals surface area (Å²) in [6.07, 6.45) is 12.9. The third-order valence-corrected chi connectivity index (χ3v) is 6.49. The summed E-state index contributed by atoms with van der Waals surface area (Å²) in [5, 5.41) is 16.4. The van der Waals surface area contributed by atoms with Gasteiger partial charge in [-0.25, -0.2) is 0 Å². The Bertz CT molecular complexity index is 1230. The van der Waals surface area contributed by atoms with Crippen molar-refractivity contribution in [3.63, 3.8) is 0 Å². The molecule has 2 aliphatic rings. The number of piperidine rings is 1. The maximum absolute atomic E-state index is 12.8. The van der Waals surface area contributed by atoms with Gasteiger partial charge in [0.1, 0.15) is 0 Å². The molecule has 0 spiro atoms. The van der Waals surface area contributed by atoms with E-state index in [-0.39, 0.29) is 11.9 Å². The maximum atomic E-state index is 12.8. The van der Waals surface area contributed by atoms with Crippen LogP contribution in [0.3, 0.4) is 0 Å². The summed E-state index contributed by atoms with van der Waals surface area (Å²) in [7, 11) is 0. The van der Waals surface area contributed by atoms with Crippen LogP contribution in [0.2, 0.25) is 0 Å². The molecule has 0 unspecified atom stereocenters. The molecule has 4 N–H and O–H groups in total. The second-order valence-electron chi connectivity index (χ2n) is 8.81. The van der Waals surface area contributed by atoms with E-state index in [0.29, 0.717) is 25.1 Å². The van der Waals surface area contributed by atoms with Crippen LogP contribution >= 0.6 is 0 Å². The molecule has 0 bridgehead atoms. The number of benzene rings is 2. The van der Waals surface area contributed by atoms with Gasteiger partial charge in [0.2, 0.25) is 5.91 Å². The second kappa shape index (κ2) is 11.3. The molecule has 6 heteroatoms. The highest BCUT2D eigenvalue weighted by atomic mass is 16.2. The first-order chi connectivity index (χ1) is 17.1. The van der Waals surface area contributed by atoms with Gasteiger partial charge in [0.25, 0.3) is 0 Å². The Hall–Kier alpha value is -4.24. The van der Waals surface area contributed by atoms with Gasteiger partial charge in [0, 0.05) is 36.9 Å². The molecular weight excluding hydrogens is 434 g/mol. The van der Waals surface area contributed by atoms with Gasteiger partial charge >= 0.3 is 0 Å². The van der Waals surface area contributed by atoms with Crippen molar-refractivity contribution in [3.05, 3.63) is 95.9 Å². The van der Waals surface area contributed by atoms with Gasteiger partial charge in [0.15, 0.2) is 0 Å². The first kappa shape index (κ1) is 23.9. The lowest BCUT2D eigenvalue weighted by Crippen LogP contribution is -2.42. The smallest absolute Gasteiger partial charge is 0.227 e. The number of amides is 1. The zero-order valence-electron chi connectivity index (χ0n) is 19.8. The number of nitriles is 1. The fourth-order valence-corrected chi connectivity index (χ4v) is 4.56. The minimum atomic E-state index is 0.0972. The van der Waals surface area contributed by atoms with E-state index in [2.05, 4.69) is 41.5 Å². The van der Waals surface area contributed by atoms with Crippen LogP contribution in [0.5, 0.6) is 0 Å². The lowest BCUT2D eigenvalue weighted by Gasteiger charge is -2.34. The molecule has 1 fully saturated rings. The van der Waals surface area contributed by atoms with Gasteiger partial charge in [0.05, 0.1) is 18.1 Å². The molecule has 0 atom stereocenters. The number of nitrogens with one attached hydrogen (secondary N) is 2. The molecule has 35 heavy (non-hydrogen) atoms. The van der Waals surface area contributed by atoms with Gasteiger partial charge in [-0.05, 0) is 77.8 Å². The summed E-state index contributed by atoms with van der Waals surface area (Å²) < 4.78 is 0. The molecule has 1 saturated heterocycles. The normalized spacial score (nSPS) is 15.9. The number of fused-ring (bicyclic) bond motifs is 1. The lowest BCUT2D eigenvalue weighted by atomic mass is 9.94. The van der Waals surface area contributed by atoms with E-state index in [4.69, 9.17) is 5.73 Å². The molecule has 2 aromatic carbocycles. The Morgan fingerprint density at radius 3 is 2.83 bits per heavy atom. The summed E-state index contributed by atoms with van der Waals surface area (Å²) in [6, 6.07) is 14.6. The average molecular weight is 466 g/mol. The fraction of sp³-hybridized carbons (Fsp3) is 0.241. The zero-order valence-corrected chi connectivity index (χ0v) is 19.8. The van der Waals surface area contributed by atoms with Crippen molar-refractivity contribution < 1.29 is 4.79 Å². The Morgan fingerprint density at radius 2 is 2.09 bits per heavy atom. The Morgan fingerprint density at radius 1 is 1.26 bits per heavy atom.